The third-order valence-corrected chi connectivity index (χ3v) is 14.0. The number of imide groups is 1. The fourth-order valence-corrected chi connectivity index (χ4v) is 10.8. The lowest BCUT2D eigenvalue weighted by atomic mass is 9.80. The van der Waals surface area contributed by atoms with Crippen molar-refractivity contribution in [1.82, 2.24) is 39.5 Å². The van der Waals surface area contributed by atoms with Crippen molar-refractivity contribution in [3.05, 3.63) is 82.5 Å². The van der Waals surface area contributed by atoms with E-state index in [-0.39, 0.29) is 35.9 Å². The van der Waals surface area contributed by atoms with Crippen LogP contribution >= 0.6 is 0 Å². The zero-order valence-corrected chi connectivity index (χ0v) is 33.4. The van der Waals surface area contributed by atoms with E-state index in [4.69, 9.17) is 15.7 Å². The molecule has 5 fully saturated rings. The highest BCUT2D eigenvalue weighted by Crippen LogP contribution is 2.40. The van der Waals surface area contributed by atoms with Gasteiger partial charge in [0.15, 0.2) is 5.82 Å². The molecule has 306 valence electrons. The van der Waals surface area contributed by atoms with Crippen LogP contribution in [0.3, 0.4) is 0 Å². The van der Waals surface area contributed by atoms with Crippen LogP contribution in [0.4, 0.5) is 17.5 Å². The Morgan fingerprint density at radius 3 is 2.17 bits per heavy atom. The average molecular weight is 798 g/mol. The van der Waals surface area contributed by atoms with Crippen molar-refractivity contribution in [3.63, 3.8) is 0 Å². The number of nitrogens with one attached hydrogen (secondary N) is 1. The van der Waals surface area contributed by atoms with Crippen molar-refractivity contribution in [2.24, 2.45) is 7.05 Å². The lowest BCUT2D eigenvalue weighted by molar-refractivity contribution is -0.135. The van der Waals surface area contributed by atoms with Gasteiger partial charge in [-0.05, 0) is 124 Å². The smallest absolute Gasteiger partial charge is 0.329 e. The minimum absolute atomic E-state index is 0.165. The molecule has 3 aromatic heterocycles. The third kappa shape index (κ3) is 6.78. The molecule has 2 amide bonds. The number of nitrogens with zero attached hydrogens (tertiary/aromatic N) is 9. The molecule has 4 N–H and O–H groups in total. The molecule has 1 saturated carbocycles. The zero-order chi connectivity index (χ0) is 40.4. The molecule has 3 unspecified atom stereocenters. The minimum atomic E-state index is -0.671. The van der Waals surface area contributed by atoms with Crippen LogP contribution in [-0.4, -0.2) is 95.4 Å². The van der Waals surface area contributed by atoms with Crippen LogP contribution in [0, 0.1) is 0 Å². The number of imidazole rings is 1. The average Bonchev–Trinajstić information content (AvgIpc) is 3.67. The van der Waals surface area contributed by atoms with E-state index < -0.39 is 11.9 Å². The number of carbonyl (C=O) groups is 2. The molecule has 1 aliphatic carbocycles. The van der Waals surface area contributed by atoms with E-state index in [0.29, 0.717) is 41.4 Å². The van der Waals surface area contributed by atoms with Gasteiger partial charge in [0.25, 0.3) is 0 Å². The molecular formula is C44H51N11O4. The van der Waals surface area contributed by atoms with Gasteiger partial charge in [0.05, 0.1) is 22.4 Å². The number of phenols is 1. The molecule has 59 heavy (non-hydrogen) atoms. The van der Waals surface area contributed by atoms with Crippen LogP contribution in [0.2, 0.25) is 0 Å². The molecular weight excluding hydrogens is 747 g/mol. The Hall–Kier alpha value is -5.83. The van der Waals surface area contributed by atoms with Gasteiger partial charge in [-0.2, -0.15) is 0 Å². The number of hydrogen-bond acceptors (Lipinski definition) is 12. The number of phenolic OH excluding ortho intramolecular Hbond substituents is 1. The third-order valence-electron chi connectivity index (χ3n) is 14.0. The van der Waals surface area contributed by atoms with Gasteiger partial charge >= 0.3 is 5.69 Å². The molecule has 10 rings (SSSR count). The first-order chi connectivity index (χ1) is 28.7. The second-order valence-corrected chi connectivity index (χ2v) is 17.3. The number of piperidine rings is 2. The van der Waals surface area contributed by atoms with Crippen molar-refractivity contribution >= 4 is 40.3 Å². The lowest BCUT2D eigenvalue weighted by Gasteiger charge is -2.42. The number of amides is 2. The van der Waals surface area contributed by atoms with Crippen LogP contribution in [0.1, 0.15) is 93.2 Å². The number of fused-ring (bicyclic) bond motifs is 3. The molecule has 2 aromatic carbocycles. The summed E-state index contributed by atoms with van der Waals surface area (Å²) in [6.07, 6.45) is 13.5. The van der Waals surface area contributed by atoms with Crippen LogP contribution in [0.5, 0.6) is 5.75 Å². The first kappa shape index (κ1) is 37.4. The highest BCUT2D eigenvalue weighted by atomic mass is 16.3. The predicted octanol–water partition coefficient (Wildman–Crippen LogP) is 4.62. The number of likely N-dealkylation sites (tertiary alicyclic amines) is 1. The molecule has 4 aliphatic heterocycles. The second kappa shape index (κ2) is 15.1. The van der Waals surface area contributed by atoms with Gasteiger partial charge in [-0.15, -0.1) is 10.2 Å². The van der Waals surface area contributed by atoms with Crippen LogP contribution in [-0.2, 0) is 16.6 Å². The van der Waals surface area contributed by atoms with Gasteiger partial charge in [-0.25, -0.2) is 14.8 Å². The van der Waals surface area contributed by atoms with Gasteiger partial charge < -0.3 is 25.5 Å². The molecule has 0 radical (unpaired) electrons. The number of nitrogens with two attached hydrogens (primary N) is 1. The van der Waals surface area contributed by atoms with E-state index in [2.05, 4.69) is 54.7 Å². The van der Waals surface area contributed by atoms with E-state index in [0.717, 1.165) is 100 Å². The van der Waals surface area contributed by atoms with Crippen LogP contribution in [0.25, 0.3) is 22.3 Å². The number of hydrogen-bond donors (Lipinski definition) is 3. The number of benzene rings is 2. The molecule has 3 atom stereocenters. The fraction of sp³-hybridized carbons (Fsp3) is 0.477. The maximum Gasteiger partial charge on any atom is 0.329 e. The summed E-state index contributed by atoms with van der Waals surface area (Å²) in [7, 11) is 1.76. The Bertz CT molecular complexity index is 2450. The Balaban J connectivity index is 0.735. The molecule has 2 bridgehead atoms. The molecule has 5 aromatic rings. The van der Waals surface area contributed by atoms with Crippen LogP contribution in [0.15, 0.2) is 65.7 Å². The van der Waals surface area contributed by atoms with E-state index in [9.17, 15) is 19.5 Å². The Morgan fingerprint density at radius 2 is 1.46 bits per heavy atom. The van der Waals surface area contributed by atoms with Gasteiger partial charge in [-0.3, -0.25) is 24.0 Å². The summed E-state index contributed by atoms with van der Waals surface area (Å²) in [6.45, 7) is 3.73. The maximum absolute atomic E-state index is 13.3. The van der Waals surface area contributed by atoms with Crippen molar-refractivity contribution in [2.75, 3.05) is 41.7 Å². The monoisotopic (exact) mass is 797 g/mol. The van der Waals surface area contributed by atoms with Crippen molar-refractivity contribution in [1.29, 1.82) is 0 Å². The number of aromatic nitrogens is 6. The van der Waals surface area contributed by atoms with Gasteiger partial charge in [0.2, 0.25) is 17.8 Å². The highest BCUT2D eigenvalue weighted by molar-refractivity contribution is 6.00. The molecule has 15 heteroatoms. The standard InChI is InChI=1S/C44H51N11O4/c1-51-37-20-28(8-13-35(37)55(44(51)59)36-14-15-40(57)48-42(36)58)26-6-9-30(10-7-26)52-18-16-27(17-19-52)29-22-46-43(47-23-29)54-31-11-12-32(54)25-53(24-31)38-21-34(49-50-41(38)45)33-4-2-3-5-39(33)56/h2-5,8,13,20-23,26-27,30-32,36,56H,6-7,9-12,14-19,24-25H2,1H3,(H2,45,50)(H,48,57,58)/t26-,30-,31?,32?,36?. The number of carbonyl (C=O) groups excluding carboxylic acids is 2. The molecule has 15 nitrogen and oxygen atoms in total. The summed E-state index contributed by atoms with van der Waals surface area (Å²) in [6, 6.07) is 15.8. The largest absolute Gasteiger partial charge is 0.507 e. The van der Waals surface area contributed by atoms with Crippen molar-refractivity contribution in [2.45, 2.75) is 100 Å². The van der Waals surface area contributed by atoms with E-state index >= 15 is 0 Å². The predicted molar refractivity (Wildman–Crippen MR) is 224 cm³/mol. The van der Waals surface area contributed by atoms with Gasteiger partial charge in [0, 0.05) is 62.6 Å². The Kier molecular flexibility index (Phi) is 9.57. The summed E-state index contributed by atoms with van der Waals surface area (Å²) >= 11 is 0. The summed E-state index contributed by atoms with van der Waals surface area (Å²) in [5.74, 6) is 1.56. The fourth-order valence-electron chi connectivity index (χ4n) is 10.8. The summed E-state index contributed by atoms with van der Waals surface area (Å²) in [4.78, 5) is 55.0. The molecule has 7 heterocycles. The first-order valence-corrected chi connectivity index (χ1v) is 21.3. The first-order valence-electron chi connectivity index (χ1n) is 21.3. The van der Waals surface area contributed by atoms with E-state index in [1.165, 1.54) is 11.1 Å². The normalized spacial score (nSPS) is 25.5. The number of piperazine rings is 1. The number of anilines is 3. The van der Waals surface area contributed by atoms with E-state index in [1.807, 2.05) is 24.3 Å². The molecule has 4 saturated heterocycles. The maximum atomic E-state index is 13.3. The molecule has 5 aliphatic rings. The highest BCUT2D eigenvalue weighted by Gasteiger charge is 2.42. The number of rotatable bonds is 7. The molecule has 0 spiro atoms. The quantitative estimate of drug-likeness (QED) is 0.195. The summed E-state index contributed by atoms with van der Waals surface area (Å²) in [5, 5.41) is 21.3. The number of aryl methyl sites for hydroxylation is 1. The summed E-state index contributed by atoms with van der Waals surface area (Å²) < 4.78 is 3.19. The Labute approximate surface area is 342 Å². The SMILES string of the molecule is Cn1c(=O)n(C2CCC(=O)NC2=O)c2ccc([C@H]3CC[C@H](N4CCC(c5cnc(N6C7CCC6CN(c6cc(-c8ccccc8O)nnc6N)C7)nc5)CC4)CC3)cc21. The summed E-state index contributed by atoms with van der Waals surface area (Å²) in [5.41, 5.74) is 12.3. The van der Waals surface area contributed by atoms with Crippen molar-refractivity contribution < 1.29 is 14.7 Å². The lowest BCUT2D eigenvalue weighted by Crippen LogP contribution is -2.54. The second-order valence-electron chi connectivity index (χ2n) is 17.3. The van der Waals surface area contributed by atoms with E-state index in [1.54, 1.807) is 28.3 Å². The van der Waals surface area contributed by atoms with Gasteiger partial charge in [0.1, 0.15) is 11.8 Å². The van der Waals surface area contributed by atoms with Crippen molar-refractivity contribution in [3.8, 4) is 17.0 Å². The number of nitrogen functional groups attached to an aromatic ring is 1. The minimum Gasteiger partial charge on any atom is -0.507 e. The van der Waals surface area contributed by atoms with Gasteiger partial charge in [-0.1, -0.05) is 18.2 Å². The number of aromatic hydroxyl groups is 1. The van der Waals surface area contributed by atoms with Crippen LogP contribution < -0.4 is 26.5 Å². The topological polar surface area (TPSA) is 181 Å². The number of para-hydroxylation sites is 1. The Morgan fingerprint density at radius 1 is 0.763 bits per heavy atom. The zero-order valence-electron chi connectivity index (χ0n) is 33.4.